The maximum absolute atomic E-state index is 13.0. The topological polar surface area (TPSA) is 60.4 Å². The van der Waals surface area contributed by atoms with Gasteiger partial charge in [0.25, 0.3) is 0 Å². The third-order valence-corrected chi connectivity index (χ3v) is 9.37. The quantitative estimate of drug-likeness (QED) is 0.185. The monoisotopic (exact) mass is 602 g/mol. The Hall–Kier alpha value is -2.18. The molecule has 0 bridgehead atoms. The van der Waals surface area contributed by atoms with Crippen molar-refractivity contribution in [3.05, 3.63) is 105 Å². The van der Waals surface area contributed by atoms with E-state index in [-0.39, 0.29) is 35.2 Å². The smallest absolute Gasteiger partial charge is 0.152 e. The van der Waals surface area contributed by atoms with Gasteiger partial charge in [-0.25, -0.2) is 8.42 Å². The number of ketones is 1. The van der Waals surface area contributed by atoms with Crippen LogP contribution in [0.4, 0.5) is 0 Å². The van der Waals surface area contributed by atoms with Crippen molar-refractivity contribution in [3.8, 4) is 0 Å². The largest absolute Gasteiger partial charge is 0.368 e. The lowest BCUT2D eigenvalue weighted by Gasteiger charge is -2.20. The van der Waals surface area contributed by atoms with Crippen LogP contribution in [0.3, 0.4) is 0 Å². The molecular formula is C33H40Cl2O4S. The molecule has 0 radical (unpaired) electrons. The number of sulfone groups is 1. The van der Waals surface area contributed by atoms with Gasteiger partial charge in [0, 0.05) is 21.9 Å². The highest BCUT2D eigenvalue weighted by Crippen LogP contribution is 2.29. The van der Waals surface area contributed by atoms with Crippen LogP contribution in [0.1, 0.15) is 81.2 Å². The Bertz CT molecular complexity index is 1280. The molecule has 0 N–H and O–H groups in total. The summed E-state index contributed by atoms with van der Waals surface area (Å²) in [6, 6.07) is 23.0. The molecule has 3 rings (SSSR count). The predicted molar refractivity (Wildman–Crippen MR) is 166 cm³/mol. The summed E-state index contributed by atoms with van der Waals surface area (Å²) >= 11 is 12.1. The lowest BCUT2D eigenvalue weighted by molar-refractivity contribution is -0.126. The van der Waals surface area contributed by atoms with Gasteiger partial charge in [-0.3, -0.25) is 4.79 Å². The van der Waals surface area contributed by atoms with E-state index >= 15 is 0 Å². The van der Waals surface area contributed by atoms with Crippen LogP contribution in [0.25, 0.3) is 0 Å². The third kappa shape index (κ3) is 10.0. The second kappa shape index (κ2) is 14.6. The molecule has 216 valence electrons. The Morgan fingerprint density at radius 2 is 1.30 bits per heavy atom. The van der Waals surface area contributed by atoms with Gasteiger partial charge in [-0.2, -0.15) is 0 Å². The van der Waals surface area contributed by atoms with Crippen molar-refractivity contribution in [2.24, 2.45) is 5.41 Å². The lowest BCUT2D eigenvalue weighted by atomic mass is 9.87. The van der Waals surface area contributed by atoms with E-state index in [4.69, 9.17) is 27.9 Å². The average Bonchev–Trinajstić information content (AvgIpc) is 2.91. The summed E-state index contributed by atoms with van der Waals surface area (Å²) in [5, 5.41) is 1.24. The van der Waals surface area contributed by atoms with Crippen molar-refractivity contribution in [1.29, 1.82) is 0 Å². The zero-order valence-corrected chi connectivity index (χ0v) is 26.2. The normalized spacial score (nSPS) is 13.0. The van der Waals surface area contributed by atoms with Crippen LogP contribution >= 0.6 is 23.2 Å². The first kappa shape index (κ1) is 32.3. The van der Waals surface area contributed by atoms with E-state index in [1.807, 2.05) is 45.0 Å². The fourth-order valence-corrected chi connectivity index (χ4v) is 6.02. The van der Waals surface area contributed by atoms with Crippen molar-refractivity contribution in [3.63, 3.8) is 0 Å². The Morgan fingerprint density at radius 1 is 0.800 bits per heavy atom. The van der Waals surface area contributed by atoms with Gasteiger partial charge in [0.15, 0.2) is 9.84 Å². The van der Waals surface area contributed by atoms with Crippen LogP contribution in [-0.2, 0) is 25.8 Å². The fourth-order valence-electron chi connectivity index (χ4n) is 4.57. The summed E-state index contributed by atoms with van der Waals surface area (Å²) in [4.78, 5) is 12.2. The minimum absolute atomic E-state index is 0.0537. The molecule has 3 aromatic rings. The Kier molecular flexibility index (Phi) is 11.8. The molecule has 7 heteroatoms. The van der Waals surface area contributed by atoms with Gasteiger partial charge in [0.1, 0.15) is 11.9 Å². The first-order chi connectivity index (χ1) is 18.9. The molecule has 0 heterocycles. The number of halogens is 2. The molecule has 0 saturated carbocycles. The van der Waals surface area contributed by atoms with E-state index in [1.54, 1.807) is 24.3 Å². The van der Waals surface area contributed by atoms with Gasteiger partial charge in [0.2, 0.25) is 0 Å². The second-order valence-corrected chi connectivity index (χ2v) is 14.5. The van der Waals surface area contributed by atoms with Crippen LogP contribution in [0.15, 0.2) is 72.8 Å². The Morgan fingerprint density at radius 3 is 1.77 bits per heavy atom. The molecule has 0 fully saturated rings. The van der Waals surface area contributed by atoms with Crippen molar-refractivity contribution >= 4 is 38.8 Å². The molecule has 0 aliphatic rings. The second-order valence-electron chi connectivity index (χ2n) is 11.3. The number of ether oxygens (including phenoxy) is 1. The number of aryl methyl sites for hydroxylation is 1. The molecule has 3 aromatic carbocycles. The van der Waals surface area contributed by atoms with Crippen molar-refractivity contribution in [1.82, 2.24) is 0 Å². The van der Waals surface area contributed by atoms with E-state index in [0.717, 1.165) is 28.7 Å². The highest BCUT2D eigenvalue weighted by molar-refractivity contribution is 7.91. The van der Waals surface area contributed by atoms with Crippen LogP contribution in [0.5, 0.6) is 0 Å². The molecule has 0 aliphatic heterocycles. The van der Waals surface area contributed by atoms with E-state index in [2.05, 4.69) is 31.2 Å². The van der Waals surface area contributed by atoms with E-state index in [1.165, 1.54) is 0 Å². The number of carbonyl (C=O) groups excluding carboxylic acids is 1. The summed E-state index contributed by atoms with van der Waals surface area (Å²) in [5.74, 6) is 0.451. The summed E-state index contributed by atoms with van der Waals surface area (Å²) in [6.07, 6.45) is 2.22. The number of Topliss-reactive ketones (excluding diaryl/α,β-unsaturated/α-hetero) is 1. The molecule has 0 amide bonds. The summed E-state index contributed by atoms with van der Waals surface area (Å²) in [6.45, 7) is 8.00. The number of hydrogen-bond acceptors (Lipinski definition) is 4. The minimum Gasteiger partial charge on any atom is -0.368 e. The van der Waals surface area contributed by atoms with Gasteiger partial charge < -0.3 is 4.74 Å². The number of carbonyl (C=O) groups is 1. The maximum Gasteiger partial charge on any atom is 0.152 e. The van der Waals surface area contributed by atoms with Gasteiger partial charge >= 0.3 is 0 Å². The molecule has 0 aromatic heterocycles. The van der Waals surface area contributed by atoms with E-state index in [9.17, 15) is 13.2 Å². The number of rotatable bonds is 14. The lowest BCUT2D eigenvalue weighted by Crippen LogP contribution is -2.20. The summed E-state index contributed by atoms with van der Waals surface area (Å²) < 4.78 is 32.1. The van der Waals surface area contributed by atoms with Crippen LogP contribution in [0.2, 0.25) is 10.0 Å². The van der Waals surface area contributed by atoms with Crippen LogP contribution in [0, 0.1) is 5.41 Å². The fraction of sp³-hybridized carbons (Fsp3) is 0.424. The number of hydrogen-bond donors (Lipinski definition) is 0. The summed E-state index contributed by atoms with van der Waals surface area (Å²) in [5.41, 5.74) is 3.71. The zero-order chi connectivity index (χ0) is 29.3. The van der Waals surface area contributed by atoms with Crippen LogP contribution in [-0.4, -0.2) is 32.3 Å². The molecular weight excluding hydrogens is 563 g/mol. The number of benzene rings is 3. The van der Waals surface area contributed by atoms with Crippen molar-refractivity contribution < 1.29 is 17.9 Å². The highest BCUT2D eigenvalue weighted by Gasteiger charge is 2.21. The molecule has 0 spiro atoms. The Balaban J connectivity index is 1.56. The van der Waals surface area contributed by atoms with Gasteiger partial charge in [-0.05, 0) is 71.7 Å². The highest BCUT2D eigenvalue weighted by atomic mass is 35.5. The first-order valence-electron chi connectivity index (χ1n) is 13.8. The van der Waals surface area contributed by atoms with Gasteiger partial charge in [-0.1, -0.05) is 99.4 Å². The molecule has 0 aliphatic carbocycles. The first-order valence-corrected chi connectivity index (χ1v) is 16.4. The zero-order valence-electron chi connectivity index (χ0n) is 23.8. The standard InChI is InChI=1S/C33H40Cl2O4S/c1-5-25(26-9-6-24(7-10-26)8-19-31(36)33(2,3)4)20-22-40(37,38)23-21-39-32(27-11-15-29(34)16-12-27)28-13-17-30(35)18-14-28/h6-7,9-18,25,32H,5,8,19-23H2,1-4H3. The van der Waals surface area contributed by atoms with Crippen LogP contribution < -0.4 is 0 Å². The average molecular weight is 604 g/mol. The summed E-state index contributed by atoms with van der Waals surface area (Å²) in [7, 11) is -3.31. The van der Waals surface area contributed by atoms with Crippen molar-refractivity contribution in [2.75, 3.05) is 18.1 Å². The van der Waals surface area contributed by atoms with Gasteiger partial charge in [0.05, 0.1) is 18.1 Å². The predicted octanol–water partition coefficient (Wildman–Crippen LogP) is 8.65. The third-order valence-electron chi connectivity index (χ3n) is 7.22. The minimum atomic E-state index is -3.31. The maximum atomic E-state index is 13.0. The van der Waals surface area contributed by atoms with Crippen molar-refractivity contribution in [2.45, 2.75) is 65.4 Å². The SMILES string of the molecule is CCC(CCS(=O)(=O)CCOC(c1ccc(Cl)cc1)c1ccc(Cl)cc1)c1ccc(CCC(=O)C(C)(C)C)cc1. The Labute approximate surface area is 250 Å². The molecule has 1 atom stereocenters. The molecule has 40 heavy (non-hydrogen) atoms. The molecule has 0 saturated heterocycles. The molecule has 1 unspecified atom stereocenters. The van der Waals surface area contributed by atoms with E-state index in [0.29, 0.717) is 29.3 Å². The molecule has 4 nitrogen and oxygen atoms in total. The van der Waals surface area contributed by atoms with Gasteiger partial charge in [-0.15, -0.1) is 0 Å². The van der Waals surface area contributed by atoms with E-state index < -0.39 is 15.9 Å².